The number of hydrogen-bond acceptors (Lipinski definition) is 1. The number of hydrogen-bond donors (Lipinski definition) is 0. The Hall–Kier alpha value is -4.75. The summed E-state index contributed by atoms with van der Waals surface area (Å²) in [4.78, 5) is 4.72. The van der Waals surface area contributed by atoms with Crippen LogP contribution in [0.4, 0.5) is 0 Å². The lowest BCUT2D eigenvalue weighted by molar-refractivity contribution is 0.660. The quantitative estimate of drug-likeness (QED) is 0.228. The fourth-order valence-electron chi connectivity index (χ4n) is 6.20. The monoisotopic (exact) mass is 513 g/mol. The molecule has 0 saturated heterocycles. The van der Waals surface area contributed by atoms with Gasteiger partial charge >= 0.3 is 0 Å². The first-order valence-electron chi connectivity index (χ1n) is 14.0. The molecule has 0 bridgehead atoms. The molecule has 0 N–H and O–H groups in total. The molecule has 0 fully saturated rings. The van der Waals surface area contributed by atoms with E-state index in [1.807, 2.05) is 13.0 Å². The van der Waals surface area contributed by atoms with Crippen LogP contribution in [0.25, 0.3) is 55.8 Å². The fraction of sp³-hybridized carbons (Fsp3) is 0.103. The first-order valence-corrected chi connectivity index (χ1v) is 14.0. The Morgan fingerprint density at radius 3 is 1.55 bits per heavy atom. The molecule has 0 atom stereocenters. The van der Waals surface area contributed by atoms with Crippen molar-refractivity contribution in [2.24, 2.45) is 0 Å². The van der Waals surface area contributed by atoms with E-state index in [1.54, 1.807) is 0 Å². The zero-order chi connectivity index (χ0) is 27.3. The van der Waals surface area contributed by atoms with E-state index in [2.05, 4.69) is 141 Å². The number of fused-ring (bicyclic) bond motifs is 3. The molecular formula is C39H31N. The maximum absolute atomic E-state index is 4.72. The van der Waals surface area contributed by atoms with E-state index in [0.29, 0.717) is 0 Å². The summed E-state index contributed by atoms with van der Waals surface area (Å²) in [5, 5.41) is 0. The second kappa shape index (κ2) is 9.47. The normalized spacial score (nSPS) is 13.1. The standard InChI is InChI=1S/C39H31N/c1-26-10-6-19-38(40-26)33-16-9-15-31(24-33)29-13-7-11-27(22-29)28-12-8-14-30(23-28)32-20-21-35-34-17-4-5-18-36(34)39(2,3)37(35)25-32/h4-25H,1-3H3. The summed E-state index contributed by atoms with van der Waals surface area (Å²) in [6.07, 6.45) is 0. The van der Waals surface area contributed by atoms with Gasteiger partial charge in [0.05, 0.1) is 5.69 Å². The third-order valence-corrected chi connectivity index (χ3v) is 8.36. The topological polar surface area (TPSA) is 12.9 Å². The van der Waals surface area contributed by atoms with E-state index in [1.165, 1.54) is 55.6 Å². The second-order valence-electron chi connectivity index (χ2n) is 11.3. The molecule has 0 unspecified atom stereocenters. The van der Waals surface area contributed by atoms with Gasteiger partial charge in [-0.15, -0.1) is 0 Å². The van der Waals surface area contributed by atoms with Crippen molar-refractivity contribution < 1.29 is 0 Å². The molecule has 6 aromatic rings. The van der Waals surface area contributed by atoms with Crippen LogP contribution in [0.15, 0.2) is 133 Å². The van der Waals surface area contributed by atoms with Crippen molar-refractivity contribution in [3.05, 3.63) is 150 Å². The molecule has 7 rings (SSSR count). The third kappa shape index (κ3) is 4.15. The van der Waals surface area contributed by atoms with E-state index in [4.69, 9.17) is 4.98 Å². The summed E-state index contributed by atoms with van der Waals surface area (Å²) in [5.74, 6) is 0. The van der Waals surface area contributed by atoms with Crippen LogP contribution >= 0.6 is 0 Å². The fourth-order valence-corrected chi connectivity index (χ4v) is 6.20. The van der Waals surface area contributed by atoms with Gasteiger partial charge in [-0.2, -0.15) is 0 Å². The van der Waals surface area contributed by atoms with Gasteiger partial charge in [-0.05, 0) is 99.0 Å². The summed E-state index contributed by atoms with van der Waals surface area (Å²) in [7, 11) is 0. The number of rotatable bonds is 4. The van der Waals surface area contributed by atoms with E-state index in [9.17, 15) is 0 Å². The molecule has 1 aliphatic carbocycles. The highest BCUT2D eigenvalue weighted by Gasteiger charge is 2.35. The van der Waals surface area contributed by atoms with Crippen LogP contribution in [0.2, 0.25) is 0 Å². The van der Waals surface area contributed by atoms with Gasteiger partial charge in [0.1, 0.15) is 0 Å². The van der Waals surface area contributed by atoms with Crippen LogP contribution in [-0.4, -0.2) is 4.98 Å². The number of benzene rings is 5. The van der Waals surface area contributed by atoms with E-state index >= 15 is 0 Å². The molecule has 0 spiro atoms. The van der Waals surface area contributed by atoms with Gasteiger partial charge in [0.25, 0.3) is 0 Å². The van der Waals surface area contributed by atoms with Gasteiger partial charge in [0.15, 0.2) is 0 Å². The largest absolute Gasteiger partial charge is 0.253 e. The number of nitrogens with zero attached hydrogens (tertiary/aromatic N) is 1. The van der Waals surface area contributed by atoms with Crippen molar-refractivity contribution in [2.75, 3.05) is 0 Å². The van der Waals surface area contributed by atoms with Crippen molar-refractivity contribution in [2.45, 2.75) is 26.2 Å². The lowest BCUT2D eigenvalue weighted by Gasteiger charge is -2.22. The minimum absolute atomic E-state index is 0.00359. The van der Waals surface area contributed by atoms with Gasteiger partial charge < -0.3 is 0 Å². The van der Waals surface area contributed by atoms with Gasteiger partial charge in [0, 0.05) is 16.7 Å². The van der Waals surface area contributed by atoms with Crippen molar-refractivity contribution >= 4 is 0 Å². The molecule has 5 aromatic carbocycles. The Morgan fingerprint density at radius 1 is 0.425 bits per heavy atom. The van der Waals surface area contributed by atoms with Crippen molar-refractivity contribution in [3.8, 4) is 55.8 Å². The summed E-state index contributed by atoms with van der Waals surface area (Å²) in [6, 6.07) is 48.4. The Morgan fingerprint density at radius 2 is 0.925 bits per heavy atom. The van der Waals surface area contributed by atoms with Crippen molar-refractivity contribution in [3.63, 3.8) is 0 Å². The number of aromatic nitrogens is 1. The van der Waals surface area contributed by atoms with Crippen LogP contribution in [0.3, 0.4) is 0 Å². The highest BCUT2D eigenvalue weighted by atomic mass is 14.7. The Labute approximate surface area is 236 Å². The average molecular weight is 514 g/mol. The van der Waals surface area contributed by atoms with Crippen LogP contribution < -0.4 is 0 Å². The zero-order valence-corrected chi connectivity index (χ0v) is 23.1. The van der Waals surface area contributed by atoms with E-state index in [0.717, 1.165) is 17.0 Å². The highest BCUT2D eigenvalue weighted by molar-refractivity contribution is 5.84. The first kappa shape index (κ1) is 24.3. The molecule has 0 aliphatic heterocycles. The van der Waals surface area contributed by atoms with Crippen LogP contribution in [0, 0.1) is 6.92 Å². The molecule has 1 heterocycles. The maximum atomic E-state index is 4.72. The third-order valence-electron chi connectivity index (χ3n) is 8.36. The van der Waals surface area contributed by atoms with Gasteiger partial charge in [0.2, 0.25) is 0 Å². The molecule has 192 valence electrons. The average Bonchev–Trinajstić information content (AvgIpc) is 3.23. The number of aryl methyl sites for hydroxylation is 1. The molecule has 0 radical (unpaired) electrons. The predicted molar refractivity (Wildman–Crippen MR) is 168 cm³/mol. The van der Waals surface area contributed by atoms with E-state index in [-0.39, 0.29) is 5.41 Å². The molecule has 0 amide bonds. The molecule has 1 aromatic heterocycles. The van der Waals surface area contributed by atoms with Gasteiger partial charge in [-0.25, -0.2) is 0 Å². The lowest BCUT2D eigenvalue weighted by atomic mass is 9.81. The van der Waals surface area contributed by atoms with E-state index < -0.39 is 0 Å². The maximum Gasteiger partial charge on any atom is 0.0705 e. The molecule has 1 nitrogen and oxygen atoms in total. The molecule has 1 heteroatoms. The van der Waals surface area contributed by atoms with Crippen LogP contribution in [-0.2, 0) is 5.41 Å². The van der Waals surface area contributed by atoms with Crippen LogP contribution in [0.5, 0.6) is 0 Å². The molecule has 1 aliphatic rings. The second-order valence-corrected chi connectivity index (χ2v) is 11.3. The van der Waals surface area contributed by atoms with Crippen molar-refractivity contribution in [1.82, 2.24) is 4.98 Å². The predicted octanol–water partition coefficient (Wildman–Crippen LogP) is 10.4. The molecular weight excluding hydrogens is 482 g/mol. The Bertz CT molecular complexity index is 1890. The van der Waals surface area contributed by atoms with Crippen LogP contribution in [0.1, 0.15) is 30.7 Å². The molecule has 0 saturated carbocycles. The van der Waals surface area contributed by atoms with Crippen molar-refractivity contribution in [1.29, 1.82) is 0 Å². The lowest BCUT2D eigenvalue weighted by Crippen LogP contribution is -2.14. The van der Waals surface area contributed by atoms with Gasteiger partial charge in [-0.1, -0.05) is 111 Å². The number of pyridine rings is 1. The molecule has 40 heavy (non-hydrogen) atoms. The first-order chi connectivity index (χ1) is 19.5. The minimum Gasteiger partial charge on any atom is -0.253 e. The minimum atomic E-state index is -0.00359. The van der Waals surface area contributed by atoms with Gasteiger partial charge in [-0.3, -0.25) is 4.98 Å². The summed E-state index contributed by atoms with van der Waals surface area (Å²) in [6.45, 7) is 6.72. The Balaban J connectivity index is 1.24. The SMILES string of the molecule is Cc1cccc(-c2cccc(-c3cccc(-c4cccc(-c5ccc6c(c5)C(C)(C)c5ccccc5-6)c4)c3)c2)n1. The summed E-state index contributed by atoms with van der Waals surface area (Å²) >= 11 is 0. The smallest absolute Gasteiger partial charge is 0.0705 e. The highest BCUT2D eigenvalue weighted by Crippen LogP contribution is 2.49. The zero-order valence-electron chi connectivity index (χ0n) is 23.1. The summed E-state index contributed by atoms with van der Waals surface area (Å²) in [5.41, 5.74) is 16.0. The summed E-state index contributed by atoms with van der Waals surface area (Å²) < 4.78 is 0. The Kier molecular flexibility index (Phi) is 5.75.